The summed E-state index contributed by atoms with van der Waals surface area (Å²) in [5, 5.41) is 2.56. The van der Waals surface area contributed by atoms with E-state index in [0.717, 1.165) is 18.6 Å². The van der Waals surface area contributed by atoms with Crippen LogP contribution >= 0.6 is 12.4 Å². The molecule has 3 N–H and O–H groups in total. The van der Waals surface area contributed by atoms with Crippen LogP contribution in [0.4, 0.5) is 8.78 Å². The summed E-state index contributed by atoms with van der Waals surface area (Å²) in [6.45, 7) is 3.56. The molecule has 0 radical (unpaired) electrons. The third-order valence-electron chi connectivity index (χ3n) is 2.74. The standard InChI is InChI=1S/C13H18F2N2O.ClH/c1-3-6-13(2,16)12(18)17-8-9-4-5-10(14)7-11(9)15;/h4-5,7H,3,6,8,16H2,1-2H3,(H,17,18);1H. The molecule has 0 spiro atoms. The maximum Gasteiger partial charge on any atom is 0.240 e. The highest BCUT2D eigenvalue weighted by molar-refractivity contribution is 5.85. The van der Waals surface area contributed by atoms with Crippen LogP contribution in [0.15, 0.2) is 18.2 Å². The summed E-state index contributed by atoms with van der Waals surface area (Å²) in [5.74, 6) is -1.66. The van der Waals surface area contributed by atoms with Gasteiger partial charge in [0.1, 0.15) is 11.6 Å². The molecular weight excluding hydrogens is 274 g/mol. The van der Waals surface area contributed by atoms with Crippen LogP contribution in [0.2, 0.25) is 0 Å². The first-order chi connectivity index (χ1) is 8.36. The van der Waals surface area contributed by atoms with Gasteiger partial charge >= 0.3 is 0 Å². The third kappa shape index (κ3) is 5.12. The maximum absolute atomic E-state index is 13.3. The molecule has 0 aliphatic rings. The number of hydrogen-bond acceptors (Lipinski definition) is 2. The zero-order valence-electron chi connectivity index (χ0n) is 11.0. The molecule has 0 aromatic heterocycles. The Hall–Kier alpha value is -1.20. The number of carbonyl (C=O) groups excluding carboxylic acids is 1. The number of amides is 1. The van der Waals surface area contributed by atoms with Crippen LogP contribution in [0.1, 0.15) is 32.3 Å². The lowest BCUT2D eigenvalue weighted by Gasteiger charge is -2.22. The molecule has 0 saturated heterocycles. The average molecular weight is 293 g/mol. The van der Waals surface area contributed by atoms with Gasteiger partial charge in [0.2, 0.25) is 5.91 Å². The summed E-state index contributed by atoms with van der Waals surface area (Å²) in [5.41, 5.74) is 5.10. The number of benzene rings is 1. The molecule has 6 heteroatoms. The lowest BCUT2D eigenvalue weighted by Crippen LogP contribution is -2.51. The lowest BCUT2D eigenvalue weighted by atomic mass is 9.96. The first-order valence-corrected chi connectivity index (χ1v) is 5.88. The van der Waals surface area contributed by atoms with Crippen molar-refractivity contribution in [1.82, 2.24) is 5.32 Å². The second kappa shape index (κ2) is 7.40. The Bertz CT molecular complexity index is 439. The predicted octanol–water partition coefficient (Wildman–Crippen LogP) is 2.52. The van der Waals surface area contributed by atoms with Crippen molar-refractivity contribution in [1.29, 1.82) is 0 Å². The molecule has 0 fully saturated rings. The number of halogens is 3. The molecule has 19 heavy (non-hydrogen) atoms. The summed E-state index contributed by atoms with van der Waals surface area (Å²) in [4.78, 5) is 11.8. The second-order valence-electron chi connectivity index (χ2n) is 4.59. The Labute approximate surface area is 118 Å². The number of rotatable bonds is 5. The fourth-order valence-electron chi connectivity index (χ4n) is 1.68. The Morgan fingerprint density at radius 1 is 1.42 bits per heavy atom. The molecule has 1 amide bonds. The molecule has 1 aromatic rings. The van der Waals surface area contributed by atoms with Crippen molar-refractivity contribution in [2.24, 2.45) is 5.73 Å². The minimum absolute atomic E-state index is 0. The van der Waals surface area contributed by atoms with E-state index in [0.29, 0.717) is 6.42 Å². The predicted molar refractivity (Wildman–Crippen MR) is 73.0 cm³/mol. The van der Waals surface area contributed by atoms with Crippen molar-refractivity contribution in [2.75, 3.05) is 0 Å². The SMILES string of the molecule is CCCC(C)(N)C(=O)NCc1ccc(F)cc1F.Cl. The van der Waals surface area contributed by atoms with Crippen LogP contribution in [0.3, 0.4) is 0 Å². The zero-order valence-corrected chi connectivity index (χ0v) is 11.8. The second-order valence-corrected chi connectivity index (χ2v) is 4.59. The molecule has 1 atom stereocenters. The Balaban J connectivity index is 0.00000324. The summed E-state index contributed by atoms with van der Waals surface area (Å²) in [6, 6.07) is 3.24. The van der Waals surface area contributed by atoms with E-state index < -0.39 is 17.2 Å². The highest BCUT2D eigenvalue weighted by atomic mass is 35.5. The monoisotopic (exact) mass is 292 g/mol. The van der Waals surface area contributed by atoms with E-state index in [9.17, 15) is 13.6 Å². The number of carbonyl (C=O) groups is 1. The van der Waals surface area contributed by atoms with Gasteiger partial charge in [-0.05, 0) is 19.4 Å². The summed E-state index contributed by atoms with van der Waals surface area (Å²) >= 11 is 0. The first-order valence-electron chi connectivity index (χ1n) is 5.88. The van der Waals surface area contributed by atoms with E-state index >= 15 is 0 Å². The minimum Gasteiger partial charge on any atom is -0.350 e. The molecule has 108 valence electrons. The van der Waals surface area contributed by atoms with Crippen molar-refractivity contribution < 1.29 is 13.6 Å². The van der Waals surface area contributed by atoms with E-state index in [-0.39, 0.29) is 30.4 Å². The molecule has 1 rings (SSSR count). The van der Waals surface area contributed by atoms with Gasteiger partial charge in [-0.1, -0.05) is 19.4 Å². The summed E-state index contributed by atoms with van der Waals surface area (Å²) in [6.07, 6.45) is 1.33. The Kier molecular flexibility index (Phi) is 6.94. The van der Waals surface area contributed by atoms with E-state index in [2.05, 4.69) is 5.32 Å². The van der Waals surface area contributed by atoms with Crippen molar-refractivity contribution in [2.45, 2.75) is 38.8 Å². The van der Waals surface area contributed by atoms with Crippen LogP contribution < -0.4 is 11.1 Å². The molecule has 0 bridgehead atoms. The smallest absolute Gasteiger partial charge is 0.240 e. The van der Waals surface area contributed by atoms with Crippen LogP contribution in [-0.4, -0.2) is 11.4 Å². The quantitative estimate of drug-likeness (QED) is 0.876. The van der Waals surface area contributed by atoms with Crippen molar-refractivity contribution in [3.63, 3.8) is 0 Å². The number of nitrogens with one attached hydrogen (secondary N) is 1. The van der Waals surface area contributed by atoms with Gasteiger partial charge < -0.3 is 11.1 Å². The molecule has 1 aromatic carbocycles. The molecule has 0 aliphatic carbocycles. The van der Waals surface area contributed by atoms with Gasteiger partial charge in [0.15, 0.2) is 0 Å². The molecule has 1 unspecified atom stereocenters. The Morgan fingerprint density at radius 3 is 2.58 bits per heavy atom. The van der Waals surface area contributed by atoms with Crippen molar-refractivity contribution in [3.05, 3.63) is 35.4 Å². The van der Waals surface area contributed by atoms with Crippen molar-refractivity contribution in [3.8, 4) is 0 Å². The van der Waals surface area contributed by atoms with Gasteiger partial charge in [-0.25, -0.2) is 8.78 Å². The zero-order chi connectivity index (χ0) is 13.8. The molecule has 3 nitrogen and oxygen atoms in total. The van der Waals surface area contributed by atoms with Gasteiger partial charge in [0, 0.05) is 18.2 Å². The number of nitrogens with two attached hydrogens (primary N) is 1. The fourth-order valence-corrected chi connectivity index (χ4v) is 1.68. The third-order valence-corrected chi connectivity index (χ3v) is 2.74. The lowest BCUT2D eigenvalue weighted by molar-refractivity contribution is -0.126. The van der Waals surface area contributed by atoms with Gasteiger partial charge in [-0.2, -0.15) is 0 Å². The van der Waals surface area contributed by atoms with Gasteiger partial charge in [-0.3, -0.25) is 4.79 Å². The van der Waals surface area contributed by atoms with Gasteiger partial charge in [-0.15, -0.1) is 12.4 Å². The molecule has 0 aliphatic heterocycles. The fraction of sp³-hybridized carbons (Fsp3) is 0.462. The van der Waals surface area contributed by atoms with E-state index in [1.807, 2.05) is 6.92 Å². The summed E-state index contributed by atoms with van der Waals surface area (Å²) in [7, 11) is 0. The van der Waals surface area contributed by atoms with E-state index in [1.165, 1.54) is 6.07 Å². The van der Waals surface area contributed by atoms with Crippen LogP contribution in [0.25, 0.3) is 0 Å². The normalized spacial score (nSPS) is 13.3. The minimum atomic E-state index is -0.967. The molecule has 0 saturated carbocycles. The highest BCUT2D eigenvalue weighted by Crippen LogP contribution is 2.11. The topological polar surface area (TPSA) is 55.1 Å². The van der Waals surface area contributed by atoms with E-state index in [1.54, 1.807) is 6.92 Å². The molecule has 0 heterocycles. The van der Waals surface area contributed by atoms with Gasteiger partial charge in [0.25, 0.3) is 0 Å². The largest absolute Gasteiger partial charge is 0.350 e. The van der Waals surface area contributed by atoms with Gasteiger partial charge in [0.05, 0.1) is 5.54 Å². The highest BCUT2D eigenvalue weighted by Gasteiger charge is 2.26. The first kappa shape index (κ1) is 17.8. The maximum atomic E-state index is 13.3. The average Bonchev–Trinajstić information content (AvgIpc) is 2.27. The van der Waals surface area contributed by atoms with E-state index in [4.69, 9.17) is 5.73 Å². The number of hydrogen-bond donors (Lipinski definition) is 2. The summed E-state index contributed by atoms with van der Waals surface area (Å²) < 4.78 is 26.0. The van der Waals surface area contributed by atoms with Crippen LogP contribution in [0, 0.1) is 11.6 Å². The Morgan fingerprint density at radius 2 is 2.05 bits per heavy atom. The van der Waals surface area contributed by atoms with Crippen LogP contribution in [0.5, 0.6) is 0 Å². The van der Waals surface area contributed by atoms with Crippen molar-refractivity contribution >= 4 is 18.3 Å². The molecular formula is C13H19ClF2N2O. The van der Waals surface area contributed by atoms with Crippen LogP contribution in [-0.2, 0) is 11.3 Å².